The van der Waals surface area contributed by atoms with Gasteiger partial charge in [-0.05, 0) is 13.5 Å². The van der Waals surface area contributed by atoms with E-state index < -0.39 is 5.97 Å². The van der Waals surface area contributed by atoms with Gasteiger partial charge in [-0.25, -0.2) is 9.78 Å². The van der Waals surface area contributed by atoms with Crippen molar-refractivity contribution in [2.45, 2.75) is 19.9 Å². The number of carbonyl (C=O) groups is 2. The molecule has 1 saturated heterocycles. The molecule has 0 spiro atoms. The van der Waals surface area contributed by atoms with Crippen LogP contribution >= 0.6 is 11.3 Å². The van der Waals surface area contributed by atoms with Crippen LogP contribution in [0, 0.1) is 0 Å². The van der Waals surface area contributed by atoms with Crippen LogP contribution in [0.25, 0.3) is 0 Å². The summed E-state index contributed by atoms with van der Waals surface area (Å²) in [7, 11) is 0. The van der Waals surface area contributed by atoms with Gasteiger partial charge in [-0.15, -0.1) is 11.3 Å². The molecule has 1 aromatic heterocycles. The Labute approximate surface area is 115 Å². The lowest BCUT2D eigenvalue weighted by Crippen LogP contribution is -2.53. The normalized spacial score (nSPS) is 20.5. The number of amides is 1. The quantitative estimate of drug-likeness (QED) is 0.896. The van der Waals surface area contributed by atoms with Crippen LogP contribution < -0.4 is 0 Å². The molecule has 7 heteroatoms. The minimum Gasteiger partial charge on any atom is -0.476 e. The van der Waals surface area contributed by atoms with Crippen molar-refractivity contribution in [3.63, 3.8) is 0 Å². The second-order valence-corrected chi connectivity index (χ2v) is 5.43. The third-order valence-corrected chi connectivity index (χ3v) is 4.20. The summed E-state index contributed by atoms with van der Waals surface area (Å²) in [6, 6.07) is 0.321. The first-order valence-electron chi connectivity index (χ1n) is 6.25. The molecule has 1 aliphatic rings. The van der Waals surface area contributed by atoms with Crippen LogP contribution in [0.1, 0.15) is 34.1 Å². The zero-order valence-electron chi connectivity index (χ0n) is 11.0. The predicted octanol–water partition coefficient (Wildman–Crippen LogP) is 1.01. The fourth-order valence-electron chi connectivity index (χ4n) is 2.25. The standard InChI is InChI=1S/C12H17N3O3S/c1-3-14-4-5-15(6-8(14)2)11(16)10-13-9(7-19-10)12(17)18/h7-8H,3-6H2,1-2H3,(H,17,18). The van der Waals surface area contributed by atoms with E-state index >= 15 is 0 Å². The molecule has 1 aliphatic heterocycles. The fourth-order valence-corrected chi connectivity index (χ4v) is 3.01. The van der Waals surface area contributed by atoms with E-state index in [1.54, 1.807) is 4.90 Å². The van der Waals surface area contributed by atoms with Crippen LogP contribution in [-0.2, 0) is 0 Å². The average Bonchev–Trinajstić information content (AvgIpc) is 2.87. The maximum Gasteiger partial charge on any atom is 0.355 e. The van der Waals surface area contributed by atoms with Crippen molar-refractivity contribution in [2.75, 3.05) is 26.2 Å². The van der Waals surface area contributed by atoms with Crippen molar-refractivity contribution in [2.24, 2.45) is 0 Å². The van der Waals surface area contributed by atoms with Gasteiger partial charge in [0.2, 0.25) is 0 Å². The highest BCUT2D eigenvalue weighted by molar-refractivity contribution is 7.11. The Hall–Kier alpha value is -1.47. The number of hydrogen-bond acceptors (Lipinski definition) is 5. The molecule has 1 amide bonds. The average molecular weight is 283 g/mol. The van der Waals surface area contributed by atoms with Crippen LogP contribution in [0.4, 0.5) is 0 Å². The van der Waals surface area contributed by atoms with Gasteiger partial charge in [0.15, 0.2) is 10.7 Å². The highest BCUT2D eigenvalue weighted by Gasteiger charge is 2.28. The van der Waals surface area contributed by atoms with Crippen molar-refractivity contribution in [1.29, 1.82) is 0 Å². The number of piperazine rings is 1. The Morgan fingerprint density at radius 2 is 2.26 bits per heavy atom. The summed E-state index contributed by atoms with van der Waals surface area (Å²) in [5.74, 6) is -1.26. The van der Waals surface area contributed by atoms with Gasteiger partial charge in [0.1, 0.15) is 0 Å². The van der Waals surface area contributed by atoms with E-state index in [0.29, 0.717) is 19.1 Å². The summed E-state index contributed by atoms with van der Waals surface area (Å²) in [4.78, 5) is 30.9. The van der Waals surface area contributed by atoms with E-state index in [9.17, 15) is 9.59 Å². The molecule has 1 atom stereocenters. The van der Waals surface area contributed by atoms with Crippen molar-refractivity contribution >= 4 is 23.2 Å². The zero-order chi connectivity index (χ0) is 14.0. The predicted molar refractivity (Wildman–Crippen MR) is 71.7 cm³/mol. The van der Waals surface area contributed by atoms with Gasteiger partial charge in [0.05, 0.1) is 0 Å². The van der Waals surface area contributed by atoms with E-state index in [-0.39, 0.29) is 16.6 Å². The molecule has 2 rings (SSSR count). The first-order chi connectivity index (χ1) is 9.02. The number of carboxylic acids is 1. The molecule has 0 bridgehead atoms. The molecule has 1 unspecified atom stereocenters. The van der Waals surface area contributed by atoms with Gasteiger partial charge in [0, 0.05) is 31.1 Å². The van der Waals surface area contributed by atoms with E-state index in [0.717, 1.165) is 24.4 Å². The van der Waals surface area contributed by atoms with E-state index in [1.165, 1.54) is 5.38 Å². The molecule has 1 fully saturated rings. The highest BCUT2D eigenvalue weighted by atomic mass is 32.1. The maximum absolute atomic E-state index is 12.2. The lowest BCUT2D eigenvalue weighted by molar-refractivity contribution is 0.0528. The third kappa shape index (κ3) is 2.93. The molecule has 6 nitrogen and oxygen atoms in total. The van der Waals surface area contributed by atoms with E-state index in [4.69, 9.17) is 5.11 Å². The first-order valence-corrected chi connectivity index (χ1v) is 7.13. The molecule has 0 radical (unpaired) electrons. The zero-order valence-corrected chi connectivity index (χ0v) is 11.8. The summed E-state index contributed by atoms with van der Waals surface area (Å²) in [6.45, 7) is 7.35. The molecular formula is C12H17N3O3S. The van der Waals surface area contributed by atoms with Gasteiger partial charge in [-0.2, -0.15) is 0 Å². The molecule has 2 heterocycles. The van der Waals surface area contributed by atoms with Crippen LogP contribution in [0.3, 0.4) is 0 Å². The van der Waals surface area contributed by atoms with Crippen LogP contribution in [0.15, 0.2) is 5.38 Å². The molecule has 0 aliphatic carbocycles. The lowest BCUT2D eigenvalue weighted by Gasteiger charge is -2.38. The Balaban J connectivity index is 2.05. The maximum atomic E-state index is 12.2. The van der Waals surface area contributed by atoms with Crippen molar-refractivity contribution in [3.05, 3.63) is 16.1 Å². The summed E-state index contributed by atoms with van der Waals surface area (Å²) in [5.41, 5.74) is -0.0615. The fraction of sp³-hybridized carbons (Fsp3) is 0.583. The topological polar surface area (TPSA) is 73.7 Å². The summed E-state index contributed by atoms with van der Waals surface area (Å²) in [5, 5.41) is 10.5. The number of rotatable bonds is 3. The highest BCUT2D eigenvalue weighted by Crippen LogP contribution is 2.16. The Bertz CT molecular complexity index is 488. The SMILES string of the molecule is CCN1CCN(C(=O)c2nc(C(=O)O)cs2)CC1C. The second-order valence-electron chi connectivity index (χ2n) is 4.57. The summed E-state index contributed by atoms with van der Waals surface area (Å²) in [6.07, 6.45) is 0. The Kier molecular flexibility index (Phi) is 4.16. The Morgan fingerprint density at radius 1 is 1.53 bits per heavy atom. The second kappa shape index (κ2) is 5.66. The van der Waals surface area contributed by atoms with E-state index in [2.05, 4.69) is 23.7 Å². The van der Waals surface area contributed by atoms with E-state index in [1.807, 2.05) is 0 Å². The summed E-state index contributed by atoms with van der Waals surface area (Å²) < 4.78 is 0. The number of carbonyl (C=O) groups excluding carboxylic acids is 1. The van der Waals surface area contributed by atoms with Gasteiger partial charge >= 0.3 is 5.97 Å². The number of carboxylic acid groups (broad SMARTS) is 1. The van der Waals surface area contributed by atoms with Gasteiger partial charge in [0.25, 0.3) is 5.91 Å². The summed E-state index contributed by atoms with van der Waals surface area (Å²) >= 11 is 1.09. The number of aromatic carboxylic acids is 1. The molecule has 1 aromatic rings. The van der Waals surface area contributed by atoms with Gasteiger partial charge in [-0.3, -0.25) is 9.69 Å². The number of thiazole rings is 1. The third-order valence-electron chi connectivity index (χ3n) is 3.36. The lowest BCUT2D eigenvalue weighted by atomic mass is 10.2. The largest absolute Gasteiger partial charge is 0.476 e. The monoisotopic (exact) mass is 283 g/mol. The molecule has 19 heavy (non-hydrogen) atoms. The van der Waals surface area contributed by atoms with Crippen molar-refractivity contribution in [3.8, 4) is 0 Å². The van der Waals surface area contributed by atoms with Crippen molar-refractivity contribution in [1.82, 2.24) is 14.8 Å². The smallest absolute Gasteiger partial charge is 0.355 e. The molecular weight excluding hydrogens is 266 g/mol. The Morgan fingerprint density at radius 3 is 2.79 bits per heavy atom. The van der Waals surface area contributed by atoms with Gasteiger partial charge < -0.3 is 10.0 Å². The van der Waals surface area contributed by atoms with Crippen LogP contribution in [0.5, 0.6) is 0 Å². The molecule has 0 saturated carbocycles. The minimum atomic E-state index is -1.10. The number of hydrogen-bond donors (Lipinski definition) is 1. The minimum absolute atomic E-state index is 0.0615. The number of nitrogens with zero attached hydrogens (tertiary/aromatic N) is 3. The first kappa shape index (κ1) is 14.0. The molecule has 0 aromatic carbocycles. The van der Waals surface area contributed by atoms with Crippen LogP contribution in [0.2, 0.25) is 0 Å². The van der Waals surface area contributed by atoms with Crippen molar-refractivity contribution < 1.29 is 14.7 Å². The number of likely N-dealkylation sites (N-methyl/N-ethyl adjacent to an activating group) is 1. The molecule has 1 N–H and O–H groups in total. The number of aromatic nitrogens is 1. The van der Waals surface area contributed by atoms with Crippen LogP contribution in [-0.4, -0.2) is 64.0 Å². The molecule has 104 valence electrons. The van der Waals surface area contributed by atoms with Gasteiger partial charge in [-0.1, -0.05) is 6.92 Å².